The number of rotatable bonds is 8. The lowest BCUT2D eigenvalue weighted by atomic mass is 10.1. The molecule has 0 aliphatic rings. The Kier molecular flexibility index (Phi) is 7.06. The second-order valence-corrected chi connectivity index (χ2v) is 8.31. The van der Waals surface area contributed by atoms with Crippen molar-refractivity contribution >= 4 is 28.8 Å². The number of para-hydroxylation sites is 1. The van der Waals surface area contributed by atoms with Crippen LogP contribution in [0.4, 0.5) is 5.69 Å². The van der Waals surface area contributed by atoms with E-state index in [2.05, 4.69) is 20.8 Å². The molecule has 2 amide bonds. The lowest BCUT2D eigenvalue weighted by molar-refractivity contribution is 0.0938. The second kappa shape index (κ2) is 10.5. The van der Waals surface area contributed by atoms with E-state index >= 15 is 0 Å². The third-order valence-corrected chi connectivity index (χ3v) is 5.69. The lowest BCUT2D eigenvalue weighted by Gasteiger charge is -2.14. The van der Waals surface area contributed by atoms with Gasteiger partial charge in [-0.1, -0.05) is 65.9 Å². The number of hydrogen-bond acceptors (Lipinski definition) is 6. The largest absolute Gasteiger partial charge is 0.486 e. The first-order valence-electron chi connectivity index (χ1n) is 10.4. The van der Waals surface area contributed by atoms with Crippen LogP contribution in [-0.4, -0.2) is 22.0 Å². The van der Waals surface area contributed by atoms with E-state index in [1.807, 2.05) is 67.6 Å². The molecule has 0 saturated heterocycles. The summed E-state index contributed by atoms with van der Waals surface area (Å²) in [5, 5.41) is 14.5. The van der Waals surface area contributed by atoms with Crippen LogP contribution >= 0.6 is 11.3 Å². The third-order valence-electron chi connectivity index (χ3n) is 4.80. The summed E-state index contributed by atoms with van der Waals surface area (Å²) in [6.07, 6.45) is 0. The molecule has 3 aromatic carbocycles. The number of amides is 2. The van der Waals surface area contributed by atoms with Crippen molar-refractivity contribution in [1.29, 1.82) is 0 Å². The van der Waals surface area contributed by atoms with Gasteiger partial charge in [-0.2, -0.15) is 0 Å². The van der Waals surface area contributed by atoms with E-state index in [1.54, 1.807) is 24.3 Å². The van der Waals surface area contributed by atoms with Crippen LogP contribution in [0.2, 0.25) is 0 Å². The van der Waals surface area contributed by atoms with Gasteiger partial charge in [0.15, 0.2) is 5.01 Å². The zero-order valence-electron chi connectivity index (χ0n) is 17.9. The van der Waals surface area contributed by atoms with Crippen molar-refractivity contribution in [2.45, 2.75) is 19.6 Å². The second-order valence-electron chi connectivity index (χ2n) is 7.24. The summed E-state index contributed by atoms with van der Waals surface area (Å²) >= 11 is 1.16. The van der Waals surface area contributed by atoms with Crippen LogP contribution in [0.25, 0.3) is 0 Å². The number of carbonyl (C=O) groups excluding carboxylic acids is 2. The minimum Gasteiger partial charge on any atom is -0.486 e. The molecule has 1 unspecified atom stereocenters. The summed E-state index contributed by atoms with van der Waals surface area (Å²) in [6, 6.07) is 25.7. The van der Waals surface area contributed by atoms with Crippen LogP contribution in [0.3, 0.4) is 0 Å². The maximum Gasteiger partial charge on any atom is 0.286 e. The Hall–Kier alpha value is -4.04. The number of hydrogen-bond donors (Lipinski definition) is 2. The van der Waals surface area contributed by atoms with Crippen molar-refractivity contribution < 1.29 is 14.3 Å². The van der Waals surface area contributed by atoms with Gasteiger partial charge in [0.05, 0.1) is 6.04 Å². The summed E-state index contributed by atoms with van der Waals surface area (Å²) in [5.74, 6) is 0.0998. The SMILES string of the molecule is CC(NC(=O)c1cccc(NC(=O)c2nnc(COc3ccccc3)s2)c1)c1ccccc1. The molecule has 2 N–H and O–H groups in total. The van der Waals surface area contributed by atoms with Gasteiger partial charge >= 0.3 is 0 Å². The van der Waals surface area contributed by atoms with Gasteiger partial charge in [-0.05, 0) is 42.8 Å². The van der Waals surface area contributed by atoms with Gasteiger partial charge in [-0.3, -0.25) is 9.59 Å². The molecule has 0 fully saturated rings. The van der Waals surface area contributed by atoms with Crippen molar-refractivity contribution in [2.75, 3.05) is 5.32 Å². The van der Waals surface area contributed by atoms with E-state index in [-0.39, 0.29) is 23.6 Å². The zero-order chi connectivity index (χ0) is 23.0. The highest BCUT2D eigenvalue weighted by molar-refractivity contribution is 7.13. The van der Waals surface area contributed by atoms with Crippen molar-refractivity contribution in [1.82, 2.24) is 15.5 Å². The van der Waals surface area contributed by atoms with Gasteiger partial charge in [0, 0.05) is 11.3 Å². The standard InChI is InChI=1S/C25H22N4O3S/c1-17(18-9-4-2-5-10-18)26-23(30)19-11-8-12-20(15-19)27-24(31)25-29-28-22(33-25)16-32-21-13-6-3-7-14-21/h2-15,17H,16H2,1H3,(H,26,30)(H,27,31). The van der Waals surface area contributed by atoms with E-state index in [9.17, 15) is 9.59 Å². The maximum atomic E-state index is 12.7. The first-order chi connectivity index (χ1) is 16.1. The molecule has 4 rings (SSSR count). The Morgan fingerprint density at radius 3 is 2.39 bits per heavy atom. The highest BCUT2D eigenvalue weighted by atomic mass is 32.1. The Labute approximate surface area is 195 Å². The number of nitrogens with one attached hydrogen (secondary N) is 2. The monoisotopic (exact) mass is 458 g/mol. The summed E-state index contributed by atoms with van der Waals surface area (Å²) in [4.78, 5) is 25.3. The van der Waals surface area contributed by atoms with Gasteiger partial charge in [0.2, 0.25) is 5.01 Å². The van der Waals surface area contributed by atoms with Gasteiger partial charge in [-0.25, -0.2) is 0 Å². The number of benzene rings is 3. The highest BCUT2D eigenvalue weighted by Crippen LogP contribution is 2.18. The summed E-state index contributed by atoms with van der Waals surface area (Å²) in [5.41, 5.74) is 1.96. The maximum absolute atomic E-state index is 12.7. The summed E-state index contributed by atoms with van der Waals surface area (Å²) in [6.45, 7) is 2.15. The lowest BCUT2D eigenvalue weighted by Crippen LogP contribution is -2.26. The van der Waals surface area contributed by atoms with Crippen LogP contribution in [0.1, 0.15) is 43.7 Å². The number of nitrogens with zero attached hydrogens (tertiary/aromatic N) is 2. The van der Waals surface area contributed by atoms with E-state index in [4.69, 9.17) is 4.74 Å². The Balaban J connectivity index is 1.35. The smallest absolute Gasteiger partial charge is 0.286 e. The quantitative estimate of drug-likeness (QED) is 0.393. The first kappa shape index (κ1) is 22.2. The summed E-state index contributed by atoms with van der Waals surface area (Å²) in [7, 11) is 0. The molecule has 166 valence electrons. The van der Waals surface area contributed by atoms with Crippen molar-refractivity contribution in [3.63, 3.8) is 0 Å². The Morgan fingerprint density at radius 2 is 1.64 bits per heavy atom. The molecule has 1 heterocycles. The predicted molar refractivity (Wildman–Crippen MR) is 127 cm³/mol. The molecule has 0 saturated carbocycles. The molecule has 0 radical (unpaired) electrons. The fourth-order valence-electron chi connectivity index (χ4n) is 3.09. The van der Waals surface area contributed by atoms with Crippen LogP contribution in [0.5, 0.6) is 5.75 Å². The van der Waals surface area contributed by atoms with E-state index < -0.39 is 5.91 Å². The molecule has 4 aromatic rings. The minimum atomic E-state index is -0.395. The molecular weight excluding hydrogens is 436 g/mol. The van der Waals surface area contributed by atoms with Crippen molar-refractivity contribution in [3.05, 3.63) is 106 Å². The van der Waals surface area contributed by atoms with E-state index in [1.165, 1.54) is 0 Å². The molecule has 7 nitrogen and oxygen atoms in total. The molecule has 0 aliphatic carbocycles. The van der Waals surface area contributed by atoms with E-state index in [0.717, 1.165) is 22.6 Å². The topological polar surface area (TPSA) is 93.2 Å². The van der Waals surface area contributed by atoms with Crippen molar-refractivity contribution in [2.24, 2.45) is 0 Å². The highest BCUT2D eigenvalue weighted by Gasteiger charge is 2.15. The molecule has 33 heavy (non-hydrogen) atoms. The van der Waals surface area contributed by atoms with Gasteiger partial charge in [0.25, 0.3) is 11.8 Å². The number of ether oxygens (including phenoxy) is 1. The van der Waals surface area contributed by atoms with Crippen LogP contribution < -0.4 is 15.4 Å². The molecule has 8 heteroatoms. The number of carbonyl (C=O) groups is 2. The van der Waals surface area contributed by atoms with Gasteiger partial charge in [0.1, 0.15) is 12.4 Å². The molecule has 0 aliphatic heterocycles. The fraction of sp³-hybridized carbons (Fsp3) is 0.120. The Bertz CT molecular complexity index is 1230. The van der Waals surface area contributed by atoms with Gasteiger partial charge in [-0.15, -0.1) is 10.2 Å². The van der Waals surface area contributed by atoms with E-state index in [0.29, 0.717) is 16.3 Å². The first-order valence-corrected chi connectivity index (χ1v) is 11.2. The normalized spacial score (nSPS) is 11.4. The number of anilines is 1. The molecular formula is C25H22N4O3S. The van der Waals surface area contributed by atoms with Crippen LogP contribution in [-0.2, 0) is 6.61 Å². The molecule has 1 atom stereocenters. The predicted octanol–water partition coefficient (Wildman–Crippen LogP) is 4.86. The number of aromatic nitrogens is 2. The van der Waals surface area contributed by atoms with Gasteiger partial charge < -0.3 is 15.4 Å². The van der Waals surface area contributed by atoms with Crippen LogP contribution in [0.15, 0.2) is 84.9 Å². The molecule has 1 aromatic heterocycles. The fourth-order valence-corrected chi connectivity index (χ4v) is 3.74. The molecule has 0 spiro atoms. The van der Waals surface area contributed by atoms with Crippen molar-refractivity contribution in [3.8, 4) is 5.75 Å². The Morgan fingerprint density at radius 1 is 0.909 bits per heavy atom. The van der Waals surface area contributed by atoms with Crippen LogP contribution in [0, 0.1) is 0 Å². The average Bonchev–Trinajstić information content (AvgIpc) is 3.33. The average molecular weight is 459 g/mol. The minimum absolute atomic E-state index is 0.144. The zero-order valence-corrected chi connectivity index (χ0v) is 18.7. The third kappa shape index (κ3) is 6.02. The summed E-state index contributed by atoms with van der Waals surface area (Å²) < 4.78 is 5.64. The molecule has 0 bridgehead atoms.